The van der Waals surface area contributed by atoms with E-state index in [1.807, 2.05) is 0 Å². The molecule has 1 heterocycles. The van der Waals surface area contributed by atoms with Crippen LogP contribution in [0.2, 0.25) is 0 Å². The van der Waals surface area contributed by atoms with Crippen LogP contribution in [0.15, 0.2) is 4.99 Å². The van der Waals surface area contributed by atoms with Gasteiger partial charge in [-0.25, -0.2) is 0 Å². The van der Waals surface area contributed by atoms with Crippen LogP contribution in [0.25, 0.3) is 0 Å². The molecule has 1 aliphatic heterocycles. The first-order chi connectivity index (χ1) is 11.2. The molecule has 1 saturated carbocycles. The molecule has 2 N–H and O–H groups in total. The van der Waals surface area contributed by atoms with E-state index in [0.717, 1.165) is 57.2 Å². The summed E-state index contributed by atoms with van der Waals surface area (Å²) in [4.78, 5) is 7.44. The van der Waals surface area contributed by atoms with Gasteiger partial charge in [0.05, 0.1) is 0 Å². The second kappa shape index (κ2) is 10.1. The molecule has 5 nitrogen and oxygen atoms in total. The Bertz CT molecular complexity index is 355. The molecule has 0 radical (unpaired) electrons. The highest BCUT2D eigenvalue weighted by Crippen LogP contribution is 2.31. The van der Waals surface area contributed by atoms with Crippen molar-refractivity contribution in [3.63, 3.8) is 0 Å². The fraction of sp³-hybridized carbons (Fsp3) is 0.944. The van der Waals surface area contributed by atoms with Crippen molar-refractivity contribution >= 4 is 5.96 Å². The van der Waals surface area contributed by atoms with E-state index < -0.39 is 0 Å². The van der Waals surface area contributed by atoms with Crippen LogP contribution < -0.4 is 10.6 Å². The Kier molecular flexibility index (Phi) is 8.17. The van der Waals surface area contributed by atoms with Crippen LogP contribution in [0.5, 0.6) is 0 Å². The Morgan fingerprint density at radius 2 is 2.09 bits per heavy atom. The minimum atomic E-state index is 0.614. The maximum atomic E-state index is 5.61. The minimum absolute atomic E-state index is 0.614. The van der Waals surface area contributed by atoms with Crippen LogP contribution in [0, 0.1) is 11.8 Å². The topological polar surface area (TPSA) is 48.9 Å². The van der Waals surface area contributed by atoms with Crippen molar-refractivity contribution in [3.8, 4) is 0 Å². The summed E-state index contributed by atoms with van der Waals surface area (Å²) in [6.07, 6.45) is 5.16. The largest absolute Gasteiger partial charge is 0.381 e. The number of rotatable bonds is 10. The molecule has 2 rings (SSSR count). The van der Waals surface area contributed by atoms with Gasteiger partial charge in [0.15, 0.2) is 5.96 Å². The second-order valence-corrected chi connectivity index (χ2v) is 7.35. The summed E-state index contributed by atoms with van der Waals surface area (Å²) in [5.74, 6) is 2.31. The van der Waals surface area contributed by atoms with Crippen molar-refractivity contribution in [1.29, 1.82) is 0 Å². The summed E-state index contributed by atoms with van der Waals surface area (Å²) in [6, 6.07) is 0.904. The second-order valence-electron chi connectivity index (χ2n) is 7.35. The summed E-state index contributed by atoms with van der Waals surface area (Å²) in [5, 5.41) is 6.77. The smallest absolute Gasteiger partial charge is 0.191 e. The number of guanidine groups is 1. The van der Waals surface area contributed by atoms with Crippen molar-refractivity contribution < 1.29 is 4.74 Å². The lowest BCUT2D eigenvalue weighted by atomic mass is 10.1. The molecule has 0 spiro atoms. The predicted octanol–water partition coefficient (Wildman–Crippen LogP) is 2.09. The van der Waals surface area contributed by atoms with E-state index in [1.165, 1.54) is 32.4 Å². The van der Waals surface area contributed by atoms with E-state index in [4.69, 9.17) is 9.73 Å². The van der Waals surface area contributed by atoms with E-state index in [1.54, 1.807) is 0 Å². The maximum absolute atomic E-state index is 5.61. The Balaban J connectivity index is 1.60. The van der Waals surface area contributed by atoms with E-state index in [9.17, 15) is 0 Å². The monoisotopic (exact) mass is 324 g/mol. The van der Waals surface area contributed by atoms with Gasteiger partial charge in [-0.05, 0) is 51.0 Å². The number of ether oxygens (including phenoxy) is 1. The fourth-order valence-corrected chi connectivity index (χ4v) is 3.05. The molecule has 0 amide bonds. The van der Waals surface area contributed by atoms with Crippen molar-refractivity contribution in [2.45, 2.75) is 52.5 Å². The summed E-state index contributed by atoms with van der Waals surface area (Å²) < 4.78 is 5.61. The molecule has 1 unspecified atom stereocenters. The zero-order valence-corrected chi connectivity index (χ0v) is 15.3. The molecule has 0 aromatic heterocycles. The van der Waals surface area contributed by atoms with Gasteiger partial charge in [0.2, 0.25) is 0 Å². The molecule has 0 bridgehead atoms. The van der Waals surface area contributed by atoms with Crippen LogP contribution in [0.1, 0.15) is 46.5 Å². The predicted molar refractivity (Wildman–Crippen MR) is 97.0 cm³/mol. The van der Waals surface area contributed by atoms with Gasteiger partial charge in [-0.1, -0.05) is 13.8 Å². The lowest BCUT2D eigenvalue weighted by Crippen LogP contribution is -2.38. The van der Waals surface area contributed by atoms with Crippen LogP contribution in [0.4, 0.5) is 0 Å². The number of aliphatic imine (C=N–C) groups is 1. The molecule has 2 aliphatic rings. The van der Waals surface area contributed by atoms with Gasteiger partial charge in [0.1, 0.15) is 0 Å². The molecule has 1 saturated heterocycles. The number of likely N-dealkylation sites (tertiary alicyclic amines) is 1. The zero-order valence-electron chi connectivity index (χ0n) is 15.3. The molecule has 0 aromatic carbocycles. The number of nitrogens with zero attached hydrogens (tertiary/aromatic N) is 2. The Morgan fingerprint density at radius 3 is 2.78 bits per heavy atom. The number of hydrogen-bond donors (Lipinski definition) is 2. The third kappa shape index (κ3) is 7.53. The molecule has 0 aromatic rings. The summed E-state index contributed by atoms with van der Waals surface area (Å²) in [6.45, 7) is 13.5. The Morgan fingerprint density at radius 1 is 1.26 bits per heavy atom. The Hall–Kier alpha value is -0.810. The van der Waals surface area contributed by atoms with Crippen molar-refractivity contribution in [2.75, 3.05) is 45.9 Å². The van der Waals surface area contributed by atoms with Crippen molar-refractivity contribution in [3.05, 3.63) is 0 Å². The highest BCUT2D eigenvalue weighted by atomic mass is 16.5. The third-order valence-corrected chi connectivity index (χ3v) is 4.44. The van der Waals surface area contributed by atoms with Crippen LogP contribution >= 0.6 is 0 Å². The van der Waals surface area contributed by atoms with E-state index in [-0.39, 0.29) is 0 Å². The lowest BCUT2D eigenvalue weighted by molar-refractivity contribution is 0.108. The summed E-state index contributed by atoms with van der Waals surface area (Å²) in [5.41, 5.74) is 0. The fourth-order valence-electron chi connectivity index (χ4n) is 3.05. The van der Waals surface area contributed by atoms with E-state index in [2.05, 4.69) is 36.3 Å². The number of nitrogens with one attached hydrogen (secondary N) is 2. The average molecular weight is 325 g/mol. The van der Waals surface area contributed by atoms with Gasteiger partial charge in [-0.3, -0.25) is 4.99 Å². The molecule has 134 valence electrons. The highest BCUT2D eigenvalue weighted by molar-refractivity contribution is 5.79. The van der Waals surface area contributed by atoms with Gasteiger partial charge in [0.25, 0.3) is 0 Å². The average Bonchev–Trinajstić information content (AvgIpc) is 3.27. The quantitative estimate of drug-likeness (QED) is 0.367. The molecule has 1 atom stereocenters. The highest BCUT2D eigenvalue weighted by Gasteiger charge is 2.34. The van der Waals surface area contributed by atoms with Crippen molar-refractivity contribution in [1.82, 2.24) is 15.5 Å². The van der Waals surface area contributed by atoms with E-state index >= 15 is 0 Å². The molecule has 2 fully saturated rings. The van der Waals surface area contributed by atoms with Crippen LogP contribution in [-0.4, -0.2) is 62.8 Å². The molecule has 5 heteroatoms. The molecule has 1 aliphatic carbocycles. The zero-order chi connectivity index (χ0) is 16.5. The summed E-state index contributed by atoms with van der Waals surface area (Å²) in [7, 11) is 0. The third-order valence-electron chi connectivity index (χ3n) is 4.44. The first-order valence-corrected chi connectivity index (χ1v) is 9.53. The molecular weight excluding hydrogens is 288 g/mol. The van der Waals surface area contributed by atoms with Crippen LogP contribution in [0.3, 0.4) is 0 Å². The van der Waals surface area contributed by atoms with Crippen molar-refractivity contribution in [2.24, 2.45) is 16.8 Å². The number of hydrogen-bond acceptors (Lipinski definition) is 3. The van der Waals surface area contributed by atoms with Gasteiger partial charge >= 0.3 is 0 Å². The molecular formula is C18H36N4O. The normalized spacial score (nSPS) is 22.8. The standard InChI is InChI=1S/C18H36N4O/c1-4-19-18(20-9-5-11-23-14-15(2)3)21-12-16-8-10-22(13-16)17-6-7-17/h15-17H,4-14H2,1-3H3,(H2,19,20,21). The van der Waals surface area contributed by atoms with Gasteiger partial charge < -0.3 is 20.3 Å². The van der Waals surface area contributed by atoms with E-state index in [0.29, 0.717) is 5.92 Å². The first-order valence-electron chi connectivity index (χ1n) is 9.53. The Labute approximate surface area is 142 Å². The SMILES string of the molecule is CCNC(=NCC1CCN(C2CC2)C1)NCCCOCC(C)C. The first kappa shape index (κ1) is 18.5. The maximum Gasteiger partial charge on any atom is 0.191 e. The minimum Gasteiger partial charge on any atom is -0.381 e. The van der Waals surface area contributed by atoms with Gasteiger partial charge in [-0.15, -0.1) is 0 Å². The van der Waals surface area contributed by atoms with Gasteiger partial charge in [0, 0.05) is 45.4 Å². The molecule has 23 heavy (non-hydrogen) atoms. The van der Waals surface area contributed by atoms with Crippen LogP contribution in [-0.2, 0) is 4.74 Å². The lowest BCUT2D eigenvalue weighted by Gasteiger charge is -2.15. The summed E-state index contributed by atoms with van der Waals surface area (Å²) >= 11 is 0. The van der Waals surface area contributed by atoms with Gasteiger partial charge in [-0.2, -0.15) is 0 Å².